The van der Waals surface area contributed by atoms with E-state index >= 15 is 0 Å². The van der Waals surface area contributed by atoms with E-state index in [1.54, 1.807) is 0 Å². The van der Waals surface area contributed by atoms with Crippen molar-refractivity contribution in [1.29, 1.82) is 0 Å². The van der Waals surface area contributed by atoms with Crippen LogP contribution in [0.2, 0.25) is 0 Å². The molecule has 0 aliphatic heterocycles. The van der Waals surface area contributed by atoms with Gasteiger partial charge in [0.1, 0.15) is 42.7 Å². The molecular formula is C53H99O12P. The monoisotopic (exact) mass is 959 g/mol. The quantitative estimate of drug-likeness (QED) is 0.0147. The number of phosphoric acid groups is 1. The highest BCUT2D eigenvalue weighted by Crippen LogP contribution is 2.47. The number of hydrogen-bond donors (Lipinski definition) is 6. The normalized spacial score (nSPS) is 21.6. The van der Waals surface area contributed by atoms with Crippen molar-refractivity contribution >= 4 is 13.8 Å². The molecule has 0 bridgehead atoms. The van der Waals surface area contributed by atoms with Gasteiger partial charge in [0.2, 0.25) is 0 Å². The summed E-state index contributed by atoms with van der Waals surface area (Å²) < 4.78 is 34.3. The molecule has 1 rings (SSSR count). The van der Waals surface area contributed by atoms with E-state index in [4.69, 9.17) is 18.5 Å². The molecular weight excluding hydrogens is 860 g/mol. The van der Waals surface area contributed by atoms with Gasteiger partial charge in [0.05, 0.1) is 13.2 Å². The number of aliphatic hydroxyl groups is 5. The summed E-state index contributed by atoms with van der Waals surface area (Å²) in [5, 5.41) is 50.3. The molecule has 0 aromatic carbocycles. The van der Waals surface area contributed by atoms with Crippen LogP contribution in [0.25, 0.3) is 0 Å². The van der Waals surface area contributed by atoms with Crippen LogP contribution in [0.15, 0.2) is 36.5 Å². The van der Waals surface area contributed by atoms with Crippen LogP contribution in [-0.4, -0.2) is 98.9 Å². The predicted octanol–water partition coefficient (Wildman–Crippen LogP) is 12.2. The van der Waals surface area contributed by atoms with Crippen molar-refractivity contribution in [1.82, 2.24) is 0 Å². The molecule has 1 fully saturated rings. The minimum atomic E-state index is -5.02. The van der Waals surface area contributed by atoms with Crippen LogP contribution < -0.4 is 0 Å². The zero-order valence-electron chi connectivity index (χ0n) is 41.7. The lowest BCUT2D eigenvalue weighted by Crippen LogP contribution is -2.64. The Morgan fingerprint density at radius 1 is 0.485 bits per heavy atom. The number of rotatable bonds is 46. The van der Waals surface area contributed by atoms with Gasteiger partial charge in [-0.15, -0.1) is 0 Å². The Bertz CT molecular complexity index is 1230. The standard InChI is InChI=1S/C53H99O12P/c1-3-5-7-9-11-13-15-17-19-21-23-25-27-29-31-33-35-37-39-41-43-62-44-46(45-63-66(60,61)65-53-51(58)49(56)48(55)50(57)52(53)59)64-47(54)42-40-38-36-34-32-30-28-26-24-22-20-18-16-14-12-10-8-6-4-2/h11,13,17,19,23,25,46,48-53,55-59H,3-10,12,14-16,18,20-22,24,26-45H2,1-2H3,(H,60,61)/b13-11-,19-17-,25-23-. The molecule has 0 aromatic rings. The van der Waals surface area contributed by atoms with Crippen LogP contribution in [0.4, 0.5) is 0 Å². The summed E-state index contributed by atoms with van der Waals surface area (Å²) in [6.45, 7) is 4.25. The Hall–Kier alpha value is -1.44. The van der Waals surface area contributed by atoms with Crippen molar-refractivity contribution in [2.45, 2.75) is 275 Å². The predicted molar refractivity (Wildman–Crippen MR) is 267 cm³/mol. The first-order chi connectivity index (χ1) is 32.0. The zero-order valence-corrected chi connectivity index (χ0v) is 42.6. The third kappa shape index (κ3) is 34.8. The summed E-state index contributed by atoms with van der Waals surface area (Å²) in [4.78, 5) is 23.3. The molecule has 6 N–H and O–H groups in total. The van der Waals surface area contributed by atoms with Gasteiger partial charge >= 0.3 is 13.8 Å². The Morgan fingerprint density at radius 2 is 0.848 bits per heavy atom. The molecule has 0 spiro atoms. The molecule has 0 heterocycles. The Kier molecular flexibility index (Phi) is 41.3. The summed E-state index contributed by atoms with van der Waals surface area (Å²) in [5.41, 5.74) is 0. The lowest BCUT2D eigenvalue weighted by atomic mass is 9.85. The molecule has 66 heavy (non-hydrogen) atoms. The van der Waals surface area contributed by atoms with Crippen molar-refractivity contribution in [3.63, 3.8) is 0 Å². The van der Waals surface area contributed by atoms with E-state index in [-0.39, 0.29) is 13.0 Å². The van der Waals surface area contributed by atoms with Gasteiger partial charge < -0.3 is 39.9 Å². The fourth-order valence-corrected chi connectivity index (χ4v) is 9.22. The van der Waals surface area contributed by atoms with Crippen LogP contribution in [-0.2, 0) is 27.9 Å². The largest absolute Gasteiger partial charge is 0.472 e. The molecule has 1 aliphatic carbocycles. The summed E-state index contributed by atoms with van der Waals surface area (Å²) in [5.74, 6) is -0.477. The fraction of sp³-hybridized carbons (Fsp3) is 0.868. The van der Waals surface area contributed by atoms with E-state index in [9.17, 15) is 39.8 Å². The van der Waals surface area contributed by atoms with Crippen molar-refractivity contribution in [3.05, 3.63) is 36.5 Å². The average molecular weight is 959 g/mol. The van der Waals surface area contributed by atoms with Gasteiger partial charge in [-0.1, -0.05) is 211 Å². The number of hydrogen-bond acceptors (Lipinski definition) is 11. The van der Waals surface area contributed by atoms with Gasteiger partial charge in [0, 0.05) is 13.0 Å². The molecule has 13 heteroatoms. The maximum atomic E-state index is 12.9. The molecule has 1 aliphatic rings. The third-order valence-corrected chi connectivity index (χ3v) is 13.5. The summed E-state index contributed by atoms with van der Waals surface area (Å²) in [6.07, 6.45) is 40.6. The summed E-state index contributed by atoms with van der Waals surface area (Å²) >= 11 is 0. The van der Waals surface area contributed by atoms with E-state index in [1.165, 1.54) is 141 Å². The van der Waals surface area contributed by atoms with Crippen LogP contribution in [0.5, 0.6) is 0 Å². The SMILES string of the molecule is CCCCC/C=C\C/C=C\C/C=C\CCCCCCCCCOCC(COP(=O)(O)OC1C(O)C(O)C(O)C(O)C1O)OC(=O)CCCCCCCCCCCCCCCCCCCCC. The first-order valence-corrected chi connectivity index (χ1v) is 28.3. The van der Waals surface area contributed by atoms with E-state index in [0.29, 0.717) is 13.0 Å². The second kappa shape index (κ2) is 43.6. The van der Waals surface area contributed by atoms with Gasteiger partial charge in [0.25, 0.3) is 0 Å². The van der Waals surface area contributed by atoms with E-state index < -0.39 is 63.1 Å². The maximum absolute atomic E-state index is 12.9. The molecule has 6 atom stereocenters. The molecule has 0 aromatic heterocycles. The number of esters is 1. The van der Waals surface area contributed by atoms with Crippen LogP contribution in [0.1, 0.15) is 232 Å². The van der Waals surface area contributed by atoms with Crippen LogP contribution in [0.3, 0.4) is 0 Å². The van der Waals surface area contributed by atoms with Gasteiger partial charge in [-0.3, -0.25) is 13.8 Å². The van der Waals surface area contributed by atoms with Gasteiger partial charge in [-0.05, 0) is 51.4 Å². The molecule has 6 unspecified atom stereocenters. The first-order valence-electron chi connectivity index (χ1n) is 26.8. The Labute approximate surface area is 402 Å². The number of allylic oxidation sites excluding steroid dienone is 6. The summed E-state index contributed by atoms with van der Waals surface area (Å²) in [6, 6.07) is 0. The average Bonchev–Trinajstić information content (AvgIpc) is 3.30. The number of carbonyl (C=O) groups is 1. The number of ether oxygens (including phenoxy) is 2. The lowest BCUT2D eigenvalue weighted by molar-refractivity contribution is -0.220. The minimum Gasteiger partial charge on any atom is -0.457 e. The van der Waals surface area contributed by atoms with Crippen LogP contribution >= 0.6 is 7.82 Å². The van der Waals surface area contributed by atoms with Gasteiger partial charge in [-0.2, -0.15) is 0 Å². The van der Waals surface area contributed by atoms with Crippen LogP contribution in [0, 0.1) is 0 Å². The van der Waals surface area contributed by atoms with E-state index in [1.807, 2.05) is 0 Å². The highest BCUT2D eigenvalue weighted by molar-refractivity contribution is 7.47. The zero-order chi connectivity index (χ0) is 48.4. The van der Waals surface area contributed by atoms with Gasteiger partial charge in [0.15, 0.2) is 0 Å². The second-order valence-corrected chi connectivity index (χ2v) is 20.1. The van der Waals surface area contributed by atoms with E-state index in [2.05, 4.69) is 50.3 Å². The molecule has 0 radical (unpaired) electrons. The first kappa shape index (κ1) is 62.6. The van der Waals surface area contributed by atoms with Crippen molar-refractivity contribution in [2.24, 2.45) is 0 Å². The molecule has 0 amide bonds. The number of unbranched alkanes of at least 4 members (excludes halogenated alkanes) is 28. The molecule has 12 nitrogen and oxygen atoms in total. The summed E-state index contributed by atoms with van der Waals surface area (Å²) in [7, 11) is -5.02. The Balaban J connectivity index is 2.33. The number of aliphatic hydroxyl groups excluding tert-OH is 5. The van der Waals surface area contributed by atoms with Crippen molar-refractivity contribution in [3.8, 4) is 0 Å². The fourth-order valence-electron chi connectivity index (χ4n) is 8.25. The topological polar surface area (TPSA) is 192 Å². The smallest absolute Gasteiger partial charge is 0.457 e. The second-order valence-electron chi connectivity index (χ2n) is 18.7. The van der Waals surface area contributed by atoms with Gasteiger partial charge in [-0.25, -0.2) is 4.57 Å². The number of phosphoric ester groups is 1. The maximum Gasteiger partial charge on any atom is 0.472 e. The Morgan fingerprint density at radius 3 is 1.32 bits per heavy atom. The third-order valence-electron chi connectivity index (χ3n) is 12.5. The van der Waals surface area contributed by atoms with Crippen molar-refractivity contribution in [2.75, 3.05) is 19.8 Å². The highest BCUT2D eigenvalue weighted by atomic mass is 31.2. The number of carbonyl (C=O) groups excluding carboxylic acids is 1. The highest BCUT2D eigenvalue weighted by Gasteiger charge is 2.51. The molecule has 0 saturated heterocycles. The minimum absolute atomic E-state index is 0.0806. The van der Waals surface area contributed by atoms with Crippen molar-refractivity contribution < 1.29 is 58.3 Å². The molecule has 388 valence electrons. The lowest BCUT2D eigenvalue weighted by Gasteiger charge is -2.41. The molecule has 1 saturated carbocycles. The van der Waals surface area contributed by atoms with E-state index in [0.717, 1.165) is 64.2 Å².